The number of nitrogens with one attached hydrogen (secondary N) is 1. The summed E-state index contributed by atoms with van der Waals surface area (Å²) in [6.45, 7) is 0. The van der Waals surface area contributed by atoms with E-state index < -0.39 is 52.1 Å². The van der Waals surface area contributed by atoms with Gasteiger partial charge in [-0.3, -0.25) is 0 Å². The maximum atomic E-state index is 14.7. The van der Waals surface area contributed by atoms with Crippen molar-refractivity contribution in [3.8, 4) is 28.7 Å². The van der Waals surface area contributed by atoms with Crippen LogP contribution in [0.5, 0.6) is 28.7 Å². The molecule has 9 nitrogen and oxygen atoms in total. The highest BCUT2D eigenvalue weighted by atomic mass is 31.3. The Morgan fingerprint density at radius 1 is 0.404 bits per heavy atom. The van der Waals surface area contributed by atoms with Crippen LogP contribution in [0.1, 0.15) is 0 Å². The van der Waals surface area contributed by atoms with Gasteiger partial charge in [0.2, 0.25) is 0 Å². The average Bonchev–Trinajstić information content (AvgIpc) is 3.02. The van der Waals surface area contributed by atoms with Gasteiger partial charge in [-0.15, -0.1) is 13.9 Å². The molecule has 47 heavy (non-hydrogen) atoms. The van der Waals surface area contributed by atoms with Crippen LogP contribution >= 0.6 is 23.0 Å². The number of rotatable bonds is 10. The zero-order chi connectivity index (χ0) is 33.1. The molecule has 242 valence electrons. The fourth-order valence-electron chi connectivity index (χ4n) is 3.92. The minimum absolute atomic E-state index is 0.0324. The lowest BCUT2D eigenvalue weighted by atomic mass is 10.3. The van der Waals surface area contributed by atoms with E-state index >= 15 is 0 Å². The molecule has 0 aliphatic carbocycles. The molecule has 0 spiro atoms. The average molecular weight is 707 g/mol. The number of nitrogens with zero attached hydrogens (tertiary/aromatic N) is 2. The first-order valence-electron chi connectivity index (χ1n) is 13.4. The quantitative estimate of drug-likeness (QED) is 0.114. The van der Waals surface area contributed by atoms with Gasteiger partial charge in [0, 0.05) is 0 Å². The summed E-state index contributed by atoms with van der Waals surface area (Å²) in [4.78, 5) is 2.61. The first kappa shape index (κ1) is 32.3. The SMILES string of the molecule is O=P1(Oc2ccc(F)cc2)N=P(Oc2ccc(F)cc2)(Oc2ccc(F)cc2)N=P(Oc2ccc(F)cc2)(Oc2ccc(F)cc2)N1. The van der Waals surface area contributed by atoms with Crippen LogP contribution in [0.15, 0.2) is 130 Å². The van der Waals surface area contributed by atoms with E-state index in [0.717, 1.165) is 60.7 Å². The van der Waals surface area contributed by atoms with Crippen molar-refractivity contribution >= 4 is 23.0 Å². The summed E-state index contributed by atoms with van der Waals surface area (Å²) in [5.41, 5.74) is 0. The minimum Gasteiger partial charge on any atom is -0.418 e. The van der Waals surface area contributed by atoms with E-state index in [4.69, 9.17) is 22.6 Å². The lowest BCUT2D eigenvalue weighted by Gasteiger charge is -2.34. The van der Waals surface area contributed by atoms with Crippen LogP contribution in [-0.2, 0) is 4.57 Å². The lowest BCUT2D eigenvalue weighted by molar-refractivity contribution is 0.433. The van der Waals surface area contributed by atoms with Gasteiger partial charge in [-0.1, -0.05) is 0 Å². The minimum atomic E-state index is -4.72. The van der Waals surface area contributed by atoms with E-state index in [-0.39, 0.29) is 28.7 Å². The third-order valence-corrected chi connectivity index (χ3v) is 13.9. The van der Waals surface area contributed by atoms with Crippen molar-refractivity contribution in [1.82, 2.24) is 4.86 Å². The Bertz CT molecular complexity index is 1930. The van der Waals surface area contributed by atoms with Gasteiger partial charge >= 0.3 is 23.0 Å². The van der Waals surface area contributed by atoms with Crippen molar-refractivity contribution in [2.75, 3.05) is 0 Å². The highest BCUT2D eigenvalue weighted by molar-refractivity contribution is 7.81. The Labute approximate surface area is 265 Å². The van der Waals surface area contributed by atoms with Crippen molar-refractivity contribution in [3.05, 3.63) is 150 Å². The molecule has 1 unspecified atom stereocenters. The first-order chi connectivity index (χ1) is 22.5. The van der Waals surface area contributed by atoms with E-state index in [1.807, 2.05) is 0 Å². The van der Waals surface area contributed by atoms with Crippen LogP contribution in [-0.4, -0.2) is 0 Å². The molecular formula is C30H21F5N3O6P3. The molecule has 1 heterocycles. The molecular weight excluding hydrogens is 686 g/mol. The van der Waals surface area contributed by atoms with E-state index in [1.54, 1.807) is 0 Å². The molecule has 0 fully saturated rings. The molecule has 0 saturated carbocycles. The first-order valence-corrected chi connectivity index (χ1v) is 18.1. The molecule has 0 saturated heterocycles. The highest BCUT2D eigenvalue weighted by Crippen LogP contribution is 2.75. The van der Waals surface area contributed by atoms with Crippen molar-refractivity contribution in [3.63, 3.8) is 0 Å². The molecule has 0 radical (unpaired) electrons. The molecule has 0 amide bonds. The van der Waals surface area contributed by atoms with Crippen molar-refractivity contribution in [1.29, 1.82) is 0 Å². The maximum absolute atomic E-state index is 14.7. The van der Waals surface area contributed by atoms with Gasteiger partial charge < -0.3 is 22.6 Å². The summed E-state index contributed by atoms with van der Waals surface area (Å²) in [6.07, 6.45) is 0. The van der Waals surface area contributed by atoms with E-state index in [9.17, 15) is 26.5 Å². The van der Waals surface area contributed by atoms with Crippen molar-refractivity contribution in [2.45, 2.75) is 0 Å². The van der Waals surface area contributed by atoms with Crippen molar-refractivity contribution in [2.24, 2.45) is 9.03 Å². The Kier molecular flexibility index (Phi) is 9.12. The summed E-state index contributed by atoms with van der Waals surface area (Å²) >= 11 is 0. The molecule has 1 aliphatic rings. The van der Waals surface area contributed by atoms with Crippen molar-refractivity contribution < 1.29 is 49.1 Å². The monoisotopic (exact) mass is 707 g/mol. The largest absolute Gasteiger partial charge is 0.460 e. The van der Waals surface area contributed by atoms with Gasteiger partial charge in [0.15, 0.2) is 0 Å². The van der Waals surface area contributed by atoms with Crippen LogP contribution in [0, 0.1) is 29.1 Å². The van der Waals surface area contributed by atoms with Gasteiger partial charge in [-0.2, -0.15) is 0 Å². The normalized spacial score (nSPS) is 17.8. The predicted octanol–water partition coefficient (Wildman–Crippen LogP) is 10.7. The van der Waals surface area contributed by atoms with Crippen LogP contribution in [0.25, 0.3) is 0 Å². The van der Waals surface area contributed by atoms with Gasteiger partial charge in [0.25, 0.3) is 0 Å². The molecule has 0 bridgehead atoms. The Morgan fingerprint density at radius 2 is 0.681 bits per heavy atom. The third kappa shape index (κ3) is 8.22. The van der Waals surface area contributed by atoms with E-state index in [1.165, 1.54) is 60.7 Å². The van der Waals surface area contributed by atoms with Gasteiger partial charge in [0.05, 0.1) is 0 Å². The van der Waals surface area contributed by atoms with Crippen LogP contribution in [0.3, 0.4) is 0 Å². The summed E-state index contributed by atoms with van der Waals surface area (Å²) in [6, 6.07) is 23.0. The number of halogens is 5. The summed E-state index contributed by atoms with van der Waals surface area (Å²) < 4.78 is 123. The maximum Gasteiger partial charge on any atom is 0.460 e. The Hall–Kier alpha value is -4.60. The molecule has 1 aliphatic heterocycles. The van der Waals surface area contributed by atoms with Gasteiger partial charge in [0.1, 0.15) is 57.8 Å². The molecule has 17 heteroatoms. The van der Waals surface area contributed by atoms with E-state index in [0.29, 0.717) is 0 Å². The fraction of sp³-hybridized carbons (Fsp3) is 0. The molecule has 5 aromatic carbocycles. The number of hydrogen-bond acceptors (Lipinski definition) is 7. The summed E-state index contributed by atoms with van der Waals surface area (Å²) in [5.74, 6) is -3.29. The molecule has 5 aromatic rings. The summed E-state index contributed by atoms with van der Waals surface area (Å²) in [7, 11) is -13.5. The zero-order valence-electron chi connectivity index (χ0n) is 23.6. The molecule has 1 N–H and O–H groups in total. The van der Waals surface area contributed by atoms with Crippen LogP contribution in [0.2, 0.25) is 0 Å². The van der Waals surface area contributed by atoms with Gasteiger partial charge in [-0.05, 0) is 121 Å². The Balaban J connectivity index is 1.59. The predicted molar refractivity (Wildman–Crippen MR) is 165 cm³/mol. The van der Waals surface area contributed by atoms with E-state index in [2.05, 4.69) is 13.9 Å². The lowest BCUT2D eigenvalue weighted by Crippen LogP contribution is -2.22. The highest BCUT2D eigenvalue weighted by Gasteiger charge is 2.50. The second-order valence-corrected chi connectivity index (χ2v) is 15.7. The second kappa shape index (κ2) is 13.3. The van der Waals surface area contributed by atoms with Crippen LogP contribution in [0.4, 0.5) is 22.0 Å². The number of benzene rings is 5. The molecule has 1 atom stereocenters. The second-order valence-electron chi connectivity index (χ2n) is 9.54. The topological polar surface area (TPSA) is 100.0 Å². The van der Waals surface area contributed by atoms with Gasteiger partial charge in [-0.25, -0.2) is 26.5 Å². The smallest absolute Gasteiger partial charge is 0.418 e. The summed E-state index contributed by atoms with van der Waals surface area (Å²) in [5, 5.41) is 0. The van der Waals surface area contributed by atoms with Crippen LogP contribution < -0.4 is 27.5 Å². The Morgan fingerprint density at radius 3 is 1.00 bits per heavy atom. The number of hydrogen-bond donors (Lipinski definition) is 1. The standard InChI is InChI=1S/C30H21F5N3O6P3/c31-21-1-11-26(12-2-21)40-45(39)36-46(41-27-13-3-22(32)4-14-27,42-28-15-5-23(33)6-16-28)38-47(37-45,43-29-17-7-24(34)8-18-29)44-30-19-9-25(35)10-20-30/h1-20H,(H,36,39). The zero-order valence-corrected chi connectivity index (χ0v) is 26.3. The fourth-order valence-corrected chi connectivity index (χ4v) is 12.7. The molecule has 0 aromatic heterocycles. The molecule has 6 rings (SSSR count). The third-order valence-electron chi connectivity index (χ3n) is 5.92.